The van der Waals surface area contributed by atoms with E-state index in [0.717, 1.165) is 0 Å². The highest BCUT2D eigenvalue weighted by atomic mass is 35.5. The Morgan fingerprint density at radius 1 is 1.19 bits per heavy atom. The number of hydrazone groups is 1. The summed E-state index contributed by atoms with van der Waals surface area (Å²) in [5.74, 6) is 0.0189. The molecule has 2 aromatic rings. The van der Waals surface area contributed by atoms with Gasteiger partial charge in [0.2, 0.25) is 0 Å². The Bertz CT molecular complexity index is 982. The third-order valence-electron chi connectivity index (χ3n) is 3.87. The van der Waals surface area contributed by atoms with Crippen molar-refractivity contribution in [2.75, 3.05) is 12.1 Å². The van der Waals surface area contributed by atoms with Gasteiger partial charge in [0.05, 0.1) is 24.1 Å². The Morgan fingerprint density at radius 3 is 2.63 bits per heavy atom. The Hall–Kier alpha value is -3.12. The minimum Gasteiger partial charge on any atom is -0.493 e. The highest BCUT2D eigenvalue weighted by Crippen LogP contribution is 2.31. The molecule has 1 aliphatic heterocycles. The minimum absolute atomic E-state index is 0.252. The van der Waals surface area contributed by atoms with Crippen molar-refractivity contribution in [3.05, 3.63) is 58.6 Å². The van der Waals surface area contributed by atoms with Crippen LogP contribution in [0.5, 0.6) is 11.5 Å². The second-order valence-electron chi connectivity index (χ2n) is 5.84. The average molecular weight is 385 g/mol. The number of hydrogen-bond acceptors (Lipinski definition) is 5. The zero-order valence-electron chi connectivity index (χ0n) is 15.0. The molecule has 0 radical (unpaired) electrons. The fraction of sp³-hybridized carbons (Fsp3) is 0.150. The summed E-state index contributed by atoms with van der Waals surface area (Å²) in [5.41, 5.74) is 2.35. The van der Waals surface area contributed by atoms with Gasteiger partial charge in [0.25, 0.3) is 5.91 Å². The van der Waals surface area contributed by atoms with E-state index in [9.17, 15) is 9.59 Å². The van der Waals surface area contributed by atoms with Crippen LogP contribution in [-0.2, 0) is 9.59 Å². The third-order valence-corrected chi connectivity index (χ3v) is 4.10. The Kier molecular flexibility index (Phi) is 5.28. The van der Waals surface area contributed by atoms with Crippen molar-refractivity contribution in [1.29, 1.82) is 0 Å². The molecule has 2 aromatic carbocycles. The fourth-order valence-electron chi connectivity index (χ4n) is 2.65. The van der Waals surface area contributed by atoms with Gasteiger partial charge in [-0.05, 0) is 48.9 Å². The molecule has 0 fully saturated rings. The predicted molar refractivity (Wildman–Crippen MR) is 104 cm³/mol. The van der Waals surface area contributed by atoms with E-state index in [1.807, 2.05) is 0 Å². The molecule has 0 spiro atoms. The van der Waals surface area contributed by atoms with E-state index in [4.69, 9.17) is 21.1 Å². The van der Waals surface area contributed by atoms with Crippen molar-refractivity contribution in [2.24, 2.45) is 5.10 Å². The number of anilines is 1. The highest BCUT2D eigenvalue weighted by molar-refractivity contribution is 6.33. The van der Waals surface area contributed by atoms with Crippen LogP contribution in [0.25, 0.3) is 6.08 Å². The molecule has 6 nitrogen and oxygen atoms in total. The number of methoxy groups -OCH3 is 1. The largest absolute Gasteiger partial charge is 0.493 e. The van der Waals surface area contributed by atoms with Crippen molar-refractivity contribution in [2.45, 2.75) is 13.8 Å². The van der Waals surface area contributed by atoms with E-state index in [-0.39, 0.29) is 5.91 Å². The molecule has 0 atom stereocenters. The molecule has 0 saturated carbocycles. The molecule has 0 unspecified atom stereocenters. The molecule has 1 amide bonds. The van der Waals surface area contributed by atoms with Gasteiger partial charge in [-0.15, -0.1) is 0 Å². The number of carbonyl (C=O) groups excluding carboxylic acids is 2. The van der Waals surface area contributed by atoms with E-state index in [2.05, 4.69) is 5.10 Å². The monoisotopic (exact) mass is 384 g/mol. The summed E-state index contributed by atoms with van der Waals surface area (Å²) >= 11 is 6.01. The second kappa shape index (κ2) is 7.63. The van der Waals surface area contributed by atoms with E-state index < -0.39 is 5.97 Å². The van der Waals surface area contributed by atoms with Crippen LogP contribution < -0.4 is 14.5 Å². The number of carbonyl (C=O) groups is 2. The fourth-order valence-corrected chi connectivity index (χ4v) is 2.83. The maximum Gasteiger partial charge on any atom is 0.308 e. The number of ether oxygens (including phenoxy) is 2. The van der Waals surface area contributed by atoms with Gasteiger partial charge in [-0.2, -0.15) is 10.1 Å². The van der Waals surface area contributed by atoms with Gasteiger partial charge in [-0.1, -0.05) is 23.7 Å². The zero-order chi connectivity index (χ0) is 19.6. The van der Waals surface area contributed by atoms with Crippen molar-refractivity contribution in [3.63, 3.8) is 0 Å². The predicted octanol–water partition coefficient (Wildman–Crippen LogP) is 4.08. The number of rotatable bonds is 4. The van der Waals surface area contributed by atoms with Crippen molar-refractivity contribution in [1.82, 2.24) is 0 Å². The second-order valence-corrected chi connectivity index (χ2v) is 6.28. The number of esters is 1. The molecule has 0 aromatic heterocycles. The van der Waals surface area contributed by atoms with E-state index in [0.29, 0.717) is 39.1 Å². The normalized spacial score (nSPS) is 15.1. The Balaban J connectivity index is 1.92. The topological polar surface area (TPSA) is 68.2 Å². The summed E-state index contributed by atoms with van der Waals surface area (Å²) in [6, 6.07) is 12.0. The highest BCUT2D eigenvalue weighted by Gasteiger charge is 2.28. The zero-order valence-corrected chi connectivity index (χ0v) is 15.8. The van der Waals surface area contributed by atoms with Crippen LogP contribution in [0.3, 0.4) is 0 Å². The molecule has 0 bridgehead atoms. The number of nitrogens with zero attached hydrogens (tertiary/aromatic N) is 2. The number of halogens is 1. The van der Waals surface area contributed by atoms with Gasteiger partial charge in [-0.3, -0.25) is 9.59 Å². The molecule has 27 heavy (non-hydrogen) atoms. The SMILES string of the molecule is COc1cc(/C=C2/C(=O)N(c3cccc(Cl)c3)N=C2C)ccc1OC(C)=O. The maximum atomic E-state index is 12.8. The molecule has 1 heterocycles. The summed E-state index contributed by atoms with van der Waals surface area (Å²) in [6.07, 6.45) is 1.71. The Morgan fingerprint density at radius 2 is 1.96 bits per heavy atom. The van der Waals surface area contributed by atoms with Gasteiger partial charge in [0.1, 0.15) is 0 Å². The number of hydrogen-bond donors (Lipinski definition) is 0. The first-order chi connectivity index (χ1) is 12.9. The lowest BCUT2D eigenvalue weighted by molar-refractivity contribution is -0.132. The molecular formula is C20H17ClN2O4. The number of benzene rings is 2. The van der Waals surface area contributed by atoms with Crippen LogP contribution in [0, 0.1) is 0 Å². The minimum atomic E-state index is -0.439. The van der Waals surface area contributed by atoms with Gasteiger partial charge in [0.15, 0.2) is 11.5 Å². The first-order valence-electron chi connectivity index (χ1n) is 8.13. The number of amides is 1. The average Bonchev–Trinajstić information content (AvgIpc) is 2.90. The maximum absolute atomic E-state index is 12.8. The smallest absolute Gasteiger partial charge is 0.308 e. The van der Waals surface area contributed by atoms with Crippen LogP contribution in [-0.4, -0.2) is 24.7 Å². The summed E-state index contributed by atoms with van der Waals surface area (Å²) in [5, 5.41) is 6.17. The quantitative estimate of drug-likeness (QED) is 0.452. The molecule has 0 aliphatic carbocycles. The lowest BCUT2D eigenvalue weighted by Gasteiger charge is -2.12. The third kappa shape index (κ3) is 4.01. The molecule has 1 aliphatic rings. The summed E-state index contributed by atoms with van der Waals surface area (Å²) in [6.45, 7) is 3.08. The van der Waals surface area contributed by atoms with E-state index in [1.165, 1.54) is 19.0 Å². The summed E-state index contributed by atoms with van der Waals surface area (Å²) < 4.78 is 10.4. The van der Waals surface area contributed by atoms with Crippen LogP contribution in [0.1, 0.15) is 19.4 Å². The Labute approximate surface area is 161 Å². The molecule has 0 N–H and O–H groups in total. The lowest BCUT2D eigenvalue weighted by Crippen LogP contribution is -2.21. The van der Waals surface area contributed by atoms with Crippen LogP contribution in [0.15, 0.2) is 53.1 Å². The van der Waals surface area contributed by atoms with Crippen molar-refractivity contribution < 1.29 is 19.1 Å². The first kappa shape index (κ1) is 18.7. The summed E-state index contributed by atoms with van der Waals surface area (Å²) in [7, 11) is 1.48. The first-order valence-corrected chi connectivity index (χ1v) is 8.50. The van der Waals surface area contributed by atoms with Crippen molar-refractivity contribution in [3.8, 4) is 11.5 Å². The van der Waals surface area contributed by atoms with Gasteiger partial charge in [-0.25, -0.2) is 0 Å². The molecule has 138 valence electrons. The van der Waals surface area contributed by atoms with Crippen LogP contribution >= 0.6 is 11.6 Å². The van der Waals surface area contributed by atoms with Gasteiger partial charge < -0.3 is 9.47 Å². The molecule has 3 rings (SSSR count). The van der Waals surface area contributed by atoms with Crippen LogP contribution in [0.2, 0.25) is 5.02 Å². The molecule has 0 saturated heterocycles. The van der Waals surface area contributed by atoms with E-state index >= 15 is 0 Å². The van der Waals surface area contributed by atoms with Gasteiger partial charge in [0, 0.05) is 11.9 Å². The standard InChI is InChI=1S/C20H17ClN2O4/c1-12-17(20(25)23(22-12)16-6-4-5-15(21)11-16)9-14-7-8-18(27-13(2)24)19(10-14)26-3/h4-11H,1-3H3/b17-9+. The van der Waals surface area contributed by atoms with Crippen molar-refractivity contribution >= 4 is 41.0 Å². The lowest BCUT2D eigenvalue weighted by atomic mass is 10.1. The van der Waals surface area contributed by atoms with Gasteiger partial charge >= 0.3 is 5.97 Å². The van der Waals surface area contributed by atoms with E-state index in [1.54, 1.807) is 55.5 Å². The summed E-state index contributed by atoms with van der Waals surface area (Å²) in [4.78, 5) is 24.0. The molecule has 7 heteroatoms. The van der Waals surface area contributed by atoms with Crippen LogP contribution in [0.4, 0.5) is 5.69 Å². The molecular weight excluding hydrogens is 368 g/mol.